The normalized spacial score (nSPS) is 24.1. The molecule has 0 heteroatoms. The van der Waals surface area contributed by atoms with Gasteiger partial charge < -0.3 is 0 Å². The first-order chi connectivity index (χ1) is 6.88. The number of rotatable bonds is 4. The van der Waals surface area contributed by atoms with Gasteiger partial charge in [-0.3, -0.25) is 0 Å². The predicted octanol–water partition coefficient (Wildman–Crippen LogP) is 4.47. The van der Waals surface area contributed by atoms with Gasteiger partial charge in [-0.2, -0.15) is 0 Å². The van der Waals surface area contributed by atoms with E-state index in [1.54, 1.807) is 11.1 Å². The number of hydrogen-bond donors (Lipinski definition) is 0. The van der Waals surface area contributed by atoms with Gasteiger partial charge in [0.15, 0.2) is 0 Å². The zero-order valence-corrected chi connectivity index (χ0v) is 9.29. The summed E-state index contributed by atoms with van der Waals surface area (Å²) in [6.45, 7) is 4.59. The second-order valence-electron chi connectivity index (χ2n) is 4.42. The maximum Gasteiger partial charge on any atom is -0.00902 e. The van der Waals surface area contributed by atoms with E-state index < -0.39 is 0 Å². The molecule has 0 saturated carbocycles. The smallest absolute Gasteiger partial charge is 0.00902 e. The lowest BCUT2D eigenvalue weighted by Crippen LogP contribution is -2.23. The first-order valence-electron chi connectivity index (χ1n) is 5.97. The molecule has 0 radical (unpaired) electrons. The van der Waals surface area contributed by atoms with Gasteiger partial charge in [-0.05, 0) is 35.8 Å². The van der Waals surface area contributed by atoms with E-state index in [-0.39, 0.29) is 0 Å². The Hall–Kier alpha value is -0.780. The van der Waals surface area contributed by atoms with E-state index in [1.807, 2.05) is 0 Å². The highest BCUT2D eigenvalue weighted by atomic mass is 14.4. The second kappa shape index (κ2) is 4.16. The Morgan fingerprint density at radius 1 is 0.857 bits per heavy atom. The van der Waals surface area contributed by atoms with E-state index in [1.165, 1.54) is 25.7 Å². The molecular weight excluding hydrogens is 168 g/mol. The van der Waals surface area contributed by atoms with Crippen molar-refractivity contribution in [2.75, 3.05) is 0 Å². The molecule has 0 amide bonds. The van der Waals surface area contributed by atoms with Gasteiger partial charge in [0, 0.05) is 0 Å². The molecule has 0 N–H and O–H groups in total. The topological polar surface area (TPSA) is 0 Å². The van der Waals surface area contributed by atoms with Crippen LogP contribution < -0.4 is 0 Å². The largest absolute Gasteiger partial charge is 0.0654 e. The Morgan fingerprint density at radius 3 is 1.64 bits per heavy atom. The van der Waals surface area contributed by atoms with E-state index in [0.717, 1.165) is 11.8 Å². The van der Waals surface area contributed by atoms with Crippen molar-refractivity contribution in [2.45, 2.75) is 51.4 Å². The van der Waals surface area contributed by atoms with Crippen LogP contribution in [0.4, 0.5) is 0 Å². The molecule has 76 valence electrons. The summed E-state index contributed by atoms with van der Waals surface area (Å²) >= 11 is 0. The summed E-state index contributed by atoms with van der Waals surface area (Å²) in [6.07, 6.45) is 5.39. The zero-order valence-electron chi connectivity index (χ0n) is 9.29. The molecule has 14 heavy (non-hydrogen) atoms. The molecule has 1 aliphatic rings. The van der Waals surface area contributed by atoms with Crippen LogP contribution in [0.3, 0.4) is 0 Å². The summed E-state index contributed by atoms with van der Waals surface area (Å²) in [5.74, 6) is 1.74. The summed E-state index contributed by atoms with van der Waals surface area (Å²) < 4.78 is 0. The molecule has 0 heterocycles. The standard InChI is InChI=1S/C14H20/c1-3-7-11-12(8-4-2)14-10-6-5-9-13(11)14/h5-6,9-12H,3-4,7-8H2,1-2H3. The number of fused-ring (bicyclic) bond motifs is 1. The van der Waals surface area contributed by atoms with Crippen LogP contribution in [-0.2, 0) is 0 Å². The highest BCUT2D eigenvalue weighted by Crippen LogP contribution is 2.51. The Kier molecular flexibility index (Phi) is 2.90. The van der Waals surface area contributed by atoms with Crippen molar-refractivity contribution in [2.24, 2.45) is 0 Å². The Bertz CT molecular complexity index is 270. The van der Waals surface area contributed by atoms with Crippen LogP contribution in [0.1, 0.15) is 62.5 Å². The van der Waals surface area contributed by atoms with Gasteiger partial charge >= 0.3 is 0 Å². The average molecular weight is 188 g/mol. The summed E-state index contributed by atoms with van der Waals surface area (Å²) in [5.41, 5.74) is 3.26. The third kappa shape index (κ3) is 1.47. The fourth-order valence-corrected chi connectivity index (χ4v) is 2.86. The van der Waals surface area contributed by atoms with Crippen LogP contribution in [0.2, 0.25) is 0 Å². The van der Waals surface area contributed by atoms with E-state index in [2.05, 4.69) is 38.1 Å². The van der Waals surface area contributed by atoms with Crippen molar-refractivity contribution >= 4 is 0 Å². The van der Waals surface area contributed by atoms with Gasteiger partial charge in [-0.25, -0.2) is 0 Å². The van der Waals surface area contributed by atoms with Crippen molar-refractivity contribution in [3.05, 3.63) is 35.4 Å². The van der Waals surface area contributed by atoms with Gasteiger partial charge in [-0.1, -0.05) is 51.0 Å². The lowest BCUT2D eigenvalue weighted by atomic mass is 9.64. The van der Waals surface area contributed by atoms with Crippen molar-refractivity contribution in [1.29, 1.82) is 0 Å². The van der Waals surface area contributed by atoms with Crippen molar-refractivity contribution < 1.29 is 0 Å². The number of hydrogen-bond acceptors (Lipinski definition) is 0. The first-order valence-corrected chi connectivity index (χ1v) is 5.97. The van der Waals surface area contributed by atoms with Gasteiger partial charge in [-0.15, -0.1) is 0 Å². The second-order valence-corrected chi connectivity index (χ2v) is 4.42. The highest BCUT2D eigenvalue weighted by molar-refractivity contribution is 5.44. The Labute approximate surface area is 87.3 Å². The van der Waals surface area contributed by atoms with E-state index in [9.17, 15) is 0 Å². The lowest BCUT2D eigenvalue weighted by Gasteiger charge is -2.40. The molecule has 0 saturated heterocycles. The molecule has 2 rings (SSSR count). The predicted molar refractivity (Wildman–Crippen MR) is 61.7 cm³/mol. The van der Waals surface area contributed by atoms with Crippen LogP contribution in [0.25, 0.3) is 0 Å². The first kappa shape index (κ1) is 9.76. The van der Waals surface area contributed by atoms with Crippen LogP contribution in [-0.4, -0.2) is 0 Å². The van der Waals surface area contributed by atoms with Crippen LogP contribution in [0.15, 0.2) is 24.3 Å². The van der Waals surface area contributed by atoms with E-state index >= 15 is 0 Å². The summed E-state index contributed by atoms with van der Waals surface area (Å²) in [4.78, 5) is 0. The van der Waals surface area contributed by atoms with Gasteiger partial charge in [0.05, 0.1) is 0 Å². The molecule has 1 aromatic rings. The zero-order chi connectivity index (χ0) is 9.97. The van der Waals surface area contributed by atoms with E-state index in [0.29, 0.717) is 0 Å². The monoisotopic (exact) mass is 188 g/mol. The van der Waals surface area contributed by atoms with Crippen LogP contribution in [0.5, 0.6) is 0 Å². The molecule has 0 spiro atoms. The van der Waals surface area contributed by atoms with Crippen LogP contribution in [0, 0.1) is 0 Å². The van der Waals surface area contributed by atoms with Gasteiger partial charge in [0.25, 0.3) is 0 Å². The average Bonchev–Trinajstić information content (AvgIpc) is 2.23. The van der Waals surface area contributed by atoms with Crippen molar-refractivity contribution in [3.8, 4) is 0 Å². The molecule has 0 aromatic heterocycles. The number of benzene rings is 1. The SMILES string of the molecule is CCCC1c2ccccc2C1CCC. The highest BCUT2D eigenvalue weighted by Gasteiger charge is 2.35. The summed E-state index contributed by atoms with van der Waals surface area (Å²) in [7, 11) is 0. The Balaban J connectivity index is 2.18. The van der Waals surface area contributed by atoms with Crippen molar-refractivity contribution in [1.82, 2.24) is 0 Å². The molecule has 0 aliphatic heterocycles. The van der Waals surface area contributed by atoms with Gasteiger partial charge in [0.2, 0.25) is 0 Å². The molecule has 1 aromatic carbocycles. The van der Waals surface area contributed by atoms with Crippen molar-refractivity contribution in [3.63, 3.8) is 0 Å². The minimum Gasteiger partial charge on any atom is -0.0654 e. The quantitative estimate of drug-likeness (QED) is 0.654. The molecule has 1 aliphatic carbocycles. The maximum atomic E-state index is 2.32. The third-order valence-corrected chi connectivity index (χ3v) is 3.48. The minimum atomic E-state index is 0.871. The van der Waals surface area contributed by atoms with E-state index in [4.69, 9.17) is 0 Å². The molecular formula is C14H20. The fraction of sp³-hybridized carbons (Fsp3) is 0.571. The maximum absolute atomic E-state index is 2.32. The lowest BCUT2D eigenvalue weighted by molar-refractivity contribution is 0.412. The summed E-state index contributed by atoms with van der Waals surface area (Å²) in [6, 6.07) is 9.01. The fourth-order valence-electron chi connectivity index (χ4n) is 2.86. The summed E-state index contributed by atoms with van der Waals surface area (Å²) in [5, 5.41) is 0. The minimum absolute atomic E-state index is 0.871. The third-order valence-electron chi connectivity index (χ3n) is 3.48. The molecule has 2 atom stereocenters. The molecule has 0 nitrogen and oxygen atoms in total. The Morgan fingerprint density at radius 2 is 1.29 bits per heavy atom. The molecule has 2 unspecified atom stereocenters. The van der Waals surface area contributed by atoms with Crippen LogP contribution >= 0.6 is 0 Å². The van der Waals surface area contributed by atoms with Gasteiger partial charge in [0.1, 0.15) is 0 Å². The molecule has 0 fully saturated rings. The molecule has 0 bridgehead atoms.